The van der Waals surface area contributed by atoms with E-state index in [9.17, 15) is 4.79 Å². The van der Waals surface area contributed by atoms with Gasteiger partial charge in [0.15, 0.2) is 0 Å². The zero-order valence-electron chi connectivity index (χ0n) is 8.05. The van der Waals surface area contributed by atoms with E-state index in [1.54, 1.807) is 6.07 Å². The van der Waals surface area contributed by atoms with Crippen molar-refractivity contribution in [1.82, 2.24) is 4.98 Å². The number of pyridine rings is 1. The number of thioether (sulfide) groups is 1. The second-order valence-electron chi connectivity index (χ2n) is 3.29. The normalized spacial score (nSPS) is 20.1. The lowest BCUT2D eigenvalue weighted by atomic mass is 10.3. The molecule has 1 N–H and O–H groups in total. The number of aromatic nitrogens is 1. The summed E-state index contributed by atoms with van der Waals surface area (Å²) in [7, 11) is 0. The van der Waals surface area contributed by atoms with Crippen LogP contribution in [0.25, 0.3) is 0 Å². The molecule has 0 unspecified atom stereocenters. The summed E-state index contributed by atoms with van der Waals surface area (Å²) in [4.78, 5) is 14.5. The van der Waals surface area contributed by atoms with Gasteiger partial charge in [0.05, 0.1) is 5.56 Å². The topological polar surface area (TPSA) is 59.4 Å². The third-order valence-corrected chi connectivity index (χ3v) is 3.29. The molecule has 0 amide bonds. The van der Waals surface area contributed by atoms with E-state index < -0.39 is 5.97 Å². The molecule has 1 aromatic rings. The maximum Gasteiger partial charge on any atom is 0.337 e. The largest absolute Gasteiger partial charge is 0.478 e. The zero-order chi connectivity index (χ0) is 10.7. The molecule has 0 spiro atoms. The minimum Gasteiger partial charge on any atom is -0.478 e. The summed E-state index contributed by atoms with van der Waals surface area (Å²) in [5.41, 5.74) is 0.183. The van der Waals surface area contributed by atoms with E-state index in [0.29, 0.717) is 5.88 Å². The lowest BCUT2D eigenvalue weighted by molar-refractivity contribution is 0.0696. The zero-order valence-corrected chi connectivity index (χ0v) is 8.87. The van der Waals surface area contributed by atoms with Crippen molar-refractivity contribution in [2.45, 2.75) is 12.5 Å². The van der Waals surface area contributed by atoms with Crippen molar-refractivity contribution in [2.75, 3.05) is 11.5 Å². The van der Waals surface area contributed by atoms with E-state index in [1.165, 1.54) is 12.3 Å². The third kappa shape index (κ3) is 2.62. The van der Waals surface area contributed by atoms with Gasteiger partial charge >= 0.3 is 5.97 Å². The number of carboxylic acid groups (broad SMARTS) is 1. The predicted octanol–water partition coefficient (Wildman–Crippen LogP) is 1.66. The summed E-state index contributed by atoms with van der Waals surface area (Å²) in [5.74, 6) is 1.65. The van der Waals surface area contributed by atoms with Crippen LogP contribution in [-0.2, 0) is 0 Å². The molecule has 80 valence electrons. The van der Waals surface area contributed by atoms with E-state index in [-0.39, 0.29) is 11.7 Å². The first-order valence-corrected chi connectivity index (χ1v) is 5.85. The number of carbonyl (C=O) groups is 1. The van der Waals surface area contributed by atoms with Crippen molar-refractivity contribution >= 4 is 17.7 Å². The number of aromatic carboxylic acids is 1. The van der Waals surface area contributed by atoms with E-state index in [2.05, 4.69) is 4.98 Å². The molecule has 1 saturated heterocycles. The number of nitrogens with zero attached hydrogens (tertiary/aromatic N) is 1. The second-order valence-corrected chi connectivity index (χ2v) is 4.44. The van der Waals surface area contributed by atoms with Crippen LogP contribution in [-0.4, -0.2) is 33.7 Å². The molecule has 1 fully saturated rings. The van der Waals surface area contributed by atoms with Crippen LogP contribution >= 0.6 is 11.8 Å². The first-order chi connectivity index (χ1) is 7.25. The van der Waals surface area contributed by atoms with E-state index in [4.69, 9.17) is 9.84 Å². The molecule has 0 saturated carbocycles. The number of ether oxygens (including phenoxy) is 1. The smallest absolute Gasteiger partial charge is 0.337 e. The van der Waals surface area contributed by atoms with Gasteiger partial charge in [0, 0.05) is 18.0 Å². The van der Waals surface area contributed by atoms with Gasteiger partial charge in [0.2, 0.25) is 5.88 Å². The minimum atomic E-state index is -0.967. The molecule has 15 heavy (non-hydrogen) atoms. The SMILES string of the molecule is O=C(O)c1ccc(O[C@H]2CCSC2)nc1. The fourth-order valence-corrected chi connectivity index (χ4v) is 2.45. The fourth-order valence-electron chi connectivity index (χ4n) is 1.35. The highest BCUT2D eigenvalue weighted by Crippen LogP contribution is 2.21. The van der Waals surface area contributed by atoms with Crippen molar-refractivity contribution in [3.05, 3.63) is 23.9 Å². The Morgan fingerprint density at radius 2 is 2.47 bits per heavy atom. The molecular weight excluding hydrogens is 214 g/mol. The fraction of sp³-hybridized carbons (Fsp3) is 0.400. The van der Waals surface area contributed by atoms with Gasteiger partial charge in [-0.1, -0.05) is 0 Å². The van der Waals surface area contributed by atoms with Gasteiger partial charge in [-0.25, -0.2) is 9.78 Å². The van der Waals surface area contributed by atoms with Crippen molar-refractivity contribution < 1.29 is 14.6 Å². The van der Waals surface area contributed by atoms with Crippen molar-refractivity contribution in [3.63, 3.8) is 0 Å². The number of rotatable bonds is 3. The molecule has 1 aliphatic heterocycles. The Hall–Kier alpha value is -1.23. The van der Waals surface area contributed by atoms with Crippen LogP contribution in [0.15, 0.2) is 18.3 Å². The molecule has 2 heterocycles. The molecule has 0 bridgehead atoms. The average Bonchev–Trinajstić information content (AvgIpc) is 2.71. The maximum absolute atomic E-state index is 10.6. The highest BCUT2D eigenvalue weighted by Gasteiger charge is 2.17. The maximum atomic E-state index is 10.6. The van der Waals surface area contributed by atoms with Crippen molar-refractivity contribution in [1.29, 1.82) is 0 Å². The molecule has 5 heteroatoms. The minimum absolute atomic E-state index is 0.183. The average molecular weight is 225 g/mol. The van der Waals surface area contributed by atoms with Crippen LogP contribution < -0.4 is 4.74 Å². The first kappa shape index (κ1) is 10.3. The molecule has 4 nitrogen and oxygen atoms in total. The second kappa shape index (κ2) is 4.53. The molecular formula is C10H11NO3S. The van der Waals surface area contributed by atoms with E-state index in [1.807, 2.05) is 11.8 Å². The highest BCUT2D eigenvalue weighted by atomic mass is 32.2. The lowest BCUT2D eigenvalue weighted by Crippen LogP contribution is -2.15. The van der Waals surface area contributed by atoms with Crippen LogP contribution in [0.5, 0.6) is 5.88 Å². The Balaban J connectivity index is 2.00. The molecule has 0 aliphatic carbocycles. The Kier molecular flexibility index (Phi) is 3.11. The molecule has 0 radical (unpaired) electrons. The summed E-state index contributed by atoms with van der Waals surface area (Å²) in [6.07, 6.45) is 2.57. The summed E-state index contributed by atoms with van der Waals surface area (Å²) in [6.45, 7) is 0. The number of hydrogen-bond donors (Lipinski definition) is 1. The van der Waals surface area contributed by atoms with Gasteiger partial charge in [0.1, 0.15) is 6.10 Å². The summed E-state index contributed by atoms with van der Waals surface area (Å²) in [5, 5.41) is 8.68. The monoisotopic (exact) mass is 225 g/mol. The predicted molar refractivity (Wildman–Crippen MR) is 57.6 cm³/mol. The van der Waals surface area contributed by atoms with Gasteiger partial charge in [-0.05, 0) is 18.2 Å². The summed E-state index contributed by atoms with van der Waals surface area (Å²) >= 11 is 1.86. The van der Waals surface area contributed by atoms with Gasteiger partial charge in [-0.15, -0.1) is 0 Å². The Morgan fingerprint density at radius 3 is 3.00 bits per heavy atom. The standard InChI is InChI=1S/C10H11NO3S/c12-10(13)7-1-2-9(11-5-7)14-8-3-4-15-6-8/h1-2,5,8H,3-4,6H2,(H,12,13)/t8-/m0/s1. The molecule has 0 aromatic carbocycles. The number of carboxylic acids is 1. The Bertz CT molecular complexity index is 346. The molecule has 1 atom stereocenters. The Labute approximate surface area is 91.7 Å². The van der Waals surface area contributed by atoms with Gasteiger partial charge in [-0.3, -0.25) is 0 Å². The quantitative estimate of drug-likeness (QED) is 0.847. The molecule has 2 rings (SSSR count). The van der Waals surface area contributed by atoms with Crippen LogP contribution in [0.4, 0.5) is 0 Å². The molecule has 1 aromatic heterocycles. The van der Waals surface area contributed by atoms with Crippen LogP contribution in [0.3, 0.4) is 0 Å². The van der Waals surface area contributed by atoms with Crippen LogP contribution in [0.1, 0.15) is 16.8 Å². The lowest BCUT2D eigenvalue weighted by Gasteiger charge is -2.10. The molecule has 1 aliphatic rings. The number of hydrogen-bond acceptors (Lipinski definition) is 4. The Morgan fingerprint density at radius 1 is 1.60 bits per heavy atom. The van der Waals surface area contributed by atoms with Crippen molar-refractivity contribution in [3.8, 4) is 5.88 Å². The van der Waals surface area contributed by atoms with Crippen LogP contribution in [0, 0.1) is 0 Å². The third-order valence-electron chi connectivity index (χ3n) is 2.16. The van der Waals surface area contributed by atoms with Gasteiger partial charge in [0.25, 0.3) is 0 Å². The van der Waals surface area contributed by atoms with E-state index in [0.717, 1.165) is 17.9 Å². The highest BCUT2D eigenvalue weighted by molar-refractivity contribution is 7.99. The van der Waals surface area contributed by atoms with Gasteiger partial charge in [-0.2, -0.15) is 11.8 Å². The van der Waals surface area contributed by atoms with E-state index >= 15 is 0 Å². The summed E-state index contributed by atoms with van der Waals surface area (Å²) < 4.78 is 5.59. The van der Waals surface area contributed by atoms with Crippen molar-refractivity contribution in [2.24, 2.45) is 0 Å². The first-order valence-electron chi connectivity index (χ1n) is 4.69. The van der Waals surface area contributed by atoms with Gasteiger partial charge < -0.3 is 9.84 Å². The van der Waals surface area contributed by atoms with Crippen LogP contribution in [0.2, 0.25) is 0 Å². The summed E-state index contributed by atoms with van der Waals surface area (Å²) in [6, 6.07) is 3.11.